The zero-order chi connectivity index (χ0) is 13.0. The van der Waals surface area contributed by atoms with Crippen LogP contribution in [-0.2, 0) is 0 Å². The molecule has 0 amide bonds. The van der Waals surface area contributed by atoms with Gasteiger partial charge in [0.15, 0.2) is 0 Å². The fraction of sp³-hybridized carbons (Fsp3) is 0.933. The molecule has 1 aliphatic carbocycles. The summed E-state index contributed by atoms with van der Waals surface area (Å²) in [5.74, 6) is 0.272. The van der Waals surface area contributed by atoms with Crippen molar-refractivity contribution in [3.05, 3.63) is 0 Å². The third-order valence-electron chi connectivity index (χ3n) is 4.77. The second kappa shape index (κ2) is 6.54. The van der Waals surface area contributed by atoms with Crippen LogP contribution in [0.25, 0.3) is 0 Å². The van der Waals surface area contributed by atoms with Crippen LogP contribution in [-0.4, -0.2) is 49.1 Å². The highest BCUT2D eigenvalue weighted by atomic mass is 15.2. The van der Waals surface area contributed by atoms with Crippen LogP contribution in [0.3, 0.4) is 0 Å². The summed E-state index contributed by atoms with van der Waals surface area (Å²) < 4.78 is 0. The van der Waals surface area contributed by atoms with Gasteiger partial charge in [0.1, 0.15) is 0 Å². The summed E-state index contributed by atoms with van der Waals surface area (Å²) in [6.45, 7) is 2.36. The molecule has 1 saturated carbocycles. The van der Waals surface area contributed by atoms with E-state index in [4.69, 9.17) is 0 Å². The van der Waals surface area contributed by atoms with Crippen LogP contribution >= 0.6 is 0 Å². The number of likely N-dealkylation sites (N-methyl/N-ethyl adjacent to an activating group) is 1. The van der Waals surface area contributed by atoms with Gasteiger partial charge >= 0.3 is 0 Å². The van der Waals surface area contributed by atoms with Crippen LogP contribution in [0.4, 0.5) is 0 Å². The molecule has 0 aromatic rings. The maximum absolute atomic E-state index is 9.41. The molecule has 18 heavy (non-hydrogen) atoms. The lowest BCUT2D eigenvalue weighted by Crippen LogP contribution is -2.51. The van der Waals surface area contributed by atoms with Crippen LogP contribution in [0.1, 0.15) is 44.9 Å². The van der Waals surface area contributed by atoms with E-state index in [2.05, 4.69) is 30.0 Å². The molecule has 2 rings (SSSR count). The van der Waals surface area contributed by atoms with Crippen molar-refractivity contribution in [2.75, 3.05) is 27.2 Å². The van der Waals surface area contributed by atoms with Gasteiger partial charge in [0.2, 0.25) is 0 Å². The number of hydrogen-bond donors (Lipinski definition) is 0. The summed E-state index contributed by atoms with van der Waals surface area (Å²) in [4.78, 5) is 4.97. The lowest BCUT2D eigenvalue weighted by Gasteiger charge is -2.41. The molecule has 102 valence electrons. The topological polar surface area (TPSA) is 30.3 Å². The average Bonchev–Trinajstić information content (AvgIpc) is 2.63. The van der Waals surface area contributed by atoms with Gasteiger partial charge in [-0.1, -0.05) is 19.3 Å². The zero-order valence-electron chi connectivity index (χ0n) is 11.9. The average molecular weight is 249 g/mol. The molecule has 1 saturated heterocycles. The van der Waals surface area contributed by atoms with E-state index in [0.717, 1.165) is 13.0 Å². The Hall–Kier alpha value is -0.590. The maximum Gasteiger partial charge on any atom is 0.0672 e. The van der Waals surface area contributed by atoms with Gasteiger partial charge < -0.3 is 4.90 Å². The van der Waals surface area contributed by atoms with E-state index >= 15 is 0 Å². The van der Waals surface area contributed by atoms with Gasteiger partial charge in [-0.25, -0.2) is 0 Å². The smallest absolute Gasteiger partial charge is 0.0672 e. The number of hydrogen-bond acceptors (Lipinski definition) is 3. The van der Waals surface area contributed by atoms with Crippen LogP contribution in [0, 0.1) is 17.2 Å². The monoisotopic (exact) mass is 249 g/mol. The van der Waals surface area contributed by atoms with Crippen LogP contribution in [0.5, 0.6) is 0 Å². The lowest BCUT2D eigenvalue weighted by molar-refractivity contribution is 0.0759. The molecule has 2 aliphatic rings. The number of nitriles is 1. The van der Waals surface area contributed by atoms with Gasteiger partial charge in [-0.2, -0.15) is 5.26 Å². The molecule has 0 N–H and O–H groups in total. The Morgan fingerprint density at radius 1 is 1.06 bits per heavy atom. The van der Waals surface area contributed by atoms with E-state index in [1.165, 1.54) is 45.1 Å². The van der Waals surface area contributed by atoms with E-state index < -0.39 is 0 Å². The van der Waals surface area contributed by atoms with Crippen molar-refractivity contribution in [3.63, 3.8) is 0 Å². The molecule has 3 nitrogen and oxygen atoms in total. The summed E-state index contributed by atoms with van der Waals surface area (Å²) in [6, 6.07) is 3.79. The summed E-state index contributed by atoms with van der Waals surface area (Å²) in [6.07, 6.45) is 8.83. The lowest BCUT2D eigenvalue weighted by atomic mass is 9.92. The predicted molar refractivity (Wildman–Crippen MR) is 74.3 cm³/mol. The Balaban J connectivity index is 2.01. The molecule has 0 radical (unpaired) electrons. The molecule has 1 aliphatic heterocycles. The van der Waals surface area contributed by atoms with Gasteiger partial charge in [0.25, 0.3) is 0 Å². The molecular formula is C15H27N3. The highest BCUT2D eigenvalue weighted by Gasteiger charge is 2.32. The van der Waals surface area contributed by atoms with E-state index in [1.54, 1.807) is 0 Å². The molecule has 0 aromatic heterocycles. The highest BCUT2D eigenvalue weighted by molar-refractivity contribution is 4.96. The molecule has 3 unspecified atom stereocenters. The van der Waals surface area contributed by atoms with Crippen molar-refractivity contribution < 1.29 is 0 Å². The zero-order valence-corrected chi connectivity index (χ0v) is 11.9. The Kier molecular flexibility index (Phi) is 5.03. The highest BCUT2D eigenvalue weighted by Crippen LogP contribution is 2.29. The van der Waals surface area contributed by atoms with Gasteiger partial charge in [0, 0.05) is 18.6 Å². The summed E-state index contributed by atoms with van der Waals surface area (Å²) >= 11 is 0. The number of likely N-dealkylation sites (tertiary alicyclic amines) is 1. The third kappa shape index (κ3) is 3.24. The SMILES string of the molecule is CN(C)C1CCCN(C2CCCCCC2C#N)C1. The fourth-order valence-corrected chi connectivity index (χ4v) is 3.58. The minimum absolute atomic E-state index is 0.272. The number of piperidine rings is 1. The van der Waals surface area contributed by atoms with E-state index in [0.29, 0.717) is 12.1 Å². The second-order valence-corrected chi connectivity index (χ2v) is 6.20. The van der Waals surface area contributed by atoms with Crippen LogP contribution in [0.15, 0.2) is 0 Å². The summed E-state index contributed by atoms with van der Waals surface area (Å²) in [5.41, 5.74) is 0. The first-order valence-electron chi connectivity index (χ1n) is 7.52. The predicted octanol–water partition coefficient (Wildman–Crippen LogP) is 2.48. The first-order valence-corrected chi connectivity index (χ1v) is 7.52. The quantitative estimate of drug-likeness (QED) is 0.704. The van der Waals surface area contributed by atoms with Crippen molar-refractivity contribution in [2.45, 2.75) is 57.0 Å². The summed E-state index contributed by atoms with van der Waals surface area (Å²) in [5, 5.41) is 9.41. The molecule has 3 atom stereocenters. The first-order chi connectivity index (χ1) is 8.72. The number of nitrogens with zero attached hydrogens (tertiary/aromatic N) is 3. The Morgan fingerprint density at radius 2 is 1.83 bits per heavy atom. The maximum atomic E-state index is 9.41. The van der Waals surface area contributed by atoms with Gasteiger partial charge in [0.05, 0.1) is 12.0 Å². The molecule has 1 heterocycles. The van der Waals surface area contributed by atoms with E-state index in [-0.39, 0.29) is 5.92 Å². The Morgan fingerprint density at radius 3 is 2.56 bits per heavy atom. The Labute approximate surface area is 112 Å². The van der Waals surface area contributed by atoms with Crippen molar-refractivity contribution in [1.82, 2.24) is 9.80 Å². The van der Waals surface area contributed by atoms with Gasteiger partial charge in [-0.05, 0) is 46.3 Å². The standard InChI is InChI=1S/C15H27N3/c1-17(2)14-8-6-10-18(12-14)15-9-5-3-4-7-13(15)11-16/h13-15H,3-10,12H2,1-2H3. The fourth-order valence-electron chi connectivity index (χ4n) is 3.58. The van der Waals surface area contributed by atoms with Crippen molar-refractivity contribution in [2.24, 2.45) is 5.92 Å². The molecule has 0 spiro atoms. The first kappa shape index (κ1) is 13.8. The summed E-state index contributed by atoms with van der Waals surface area (Å²) in [7, 11) is 4.37. The second-order valence-electron chi connectivity index (χ2n) is 6.20. The molecule has 0 aromatic carbocycles. The van der Waals surface area contributed by atoms with Crippen LogP contribution < -0.4 is 0 Å². The largest absolute Gasteiger partial charge is 0.305 e. The number of rotatable bonds is 2. The molecular weight excluding hydrogens is 222 g/mol. The van der Waals surface area contributed by atoms with Gasteiger partial charge in [-0.15, -0.1) is 0 Å². The van der Waals surface area contributed by atoms with Crippen molar-refractivity contribution >= 4 is 0 Å². The molecule has 2 fully saturated rings. The Bertz CT molecular complexity index is 295. The minimum atomic E-state index is 0.272. The normalized spacial score (nSPS) is 35.1. The van der Waals surface area contributed by atoms with E-state index in [1.807, 2.05) is 0 Å². The molecule has 3 heteroatoms. The van der Waals surface area contributed by atoms with E-state index in [9.17, 15) is 5.26 Å². The van der Waals surface area contributed by atoms with Crippen molar-refractivity contribution in [3.8, 4) is 6.07 Å². The van der Waals surface area contributed by atoms with Crippen molar-refractivity contribution in [1.29, 1.82) is 5.26 Å². The molecule has 0 bridgehead atoms. The van der Waals surface area contributed by atoms with Gasteiger partial charge in [-0.3, -0.25) is 4.90 Å². The van der Waals surface area contributed by atoms with Crippen LogP contribution in [0.2, 0.25) is 0 Å². The minimum Gasteiger partial charge on any atom is -0.305 e. The third-order valence-corrected chi connectivity index (χ3v) is 4.77.